The van der Waals surface area contributed by atoms with Crippen molar-refractivity contribution in [2.45, 2.75) is 6.10 Å². The summed E-state index contributed by atoms with van der Waals surface area (Å²) in [6.45, 7) is -0.0691. The second-order valence-electron chi connectivity index (χ2n) is 4.69. The molecule has 8 heteroatoms. The monoisotopic (exact) mass is 323 g/mol. The standard InChI is InChI=1S/C14H14ClN3O4/c1-17-6-2-3-12(17)13(19)8-16-14(20)10-7-9(15)4-5-11(10)18(21)22/h2-7,13,19H,8H2,1H3,(H,16,20). The molecule has 1 heterocycles. The molecule has 0 fully saturated rings. The molecule has 2 aromatic rings. The van der Waals surface area contributed by atoms with Gasteiger partial charge in [0.1, 0.15) is 11.7 Å². The van der Waals surface area contributed by atoms with Crippen LogP contribution in [0, 0.1) is 10.1 Å². The van der Waals surface area contributed by atoms with Gasteiger partial charge >= 0.3 is 0 Å². The molecule has 22 heavy (non-hydrogen) atoms. The average molecular weight is 324 g/mol. The fourth-order valence-corrected chi connectivity index (χ4v) is 2.23. The van der Waals surface area contributed by atoms with Gasteiger partial charge in [0.15, 0.2) is 0 Å². The van der Waals surface area contributed by atoms with E-state index in [0.29, 0.717) is 5.69 Å². The van der Waals surface area contributed by atoms with Crippen molar-refractivity contribution in [2.75, 3.05) is 6.54 Å². The molecule has 1 aromatic carbocycles. The van der Waals surface area contributed by atoms with Crippen LogP contribution in [0.2, 0.25) is 5.02 Å². The van der Waals surface area contributed by atoms with Crippen LogP contribution < -0.4 is 5.32 Å². The first-order valence-corrected chi connectivity index (χ1v) is 6.79. The number of aromatic nitrogens is 1. The van der Waals surface area contributed by atoms with Crippen LogP contribution in [-0.4, -0.2) is 27.0 Å². The lowest BCUT2D eigenvalue weighted by Gasteiger charge is -2.13. The number of halogens is 1. The van der Waals surface area contributed by atoms with Crippen LogP contribution in [-0.2, 0) is 7.05 Å². The lowest BCUT2D eigenvalue weighted by atomic mass is 10.1. The third-order valence-corrected chi connectivity index (χ3v) is 3.42. The number of rotatable bonds is 5. The fourth-order valence-electron chi connectivity index (χ4n) is 2.06. The minimum Gasteiger partial charge on any atom is -0.385 e. The summed E-state index contributed by atoms with van der Waals surface area (Å²) in [6.07, 6.45) is 0.851. The average Bonchev–Trinajstić information content (AvgIpc) is 2.90. The zero-order chi connectivity index (χ0) is 16.3. The van der Waals surface area contributed by atoms with E-state index in [1.54, 1.807) is 29.9 Å². The van der Waals surface area contributed by atoms with Crippen molar-refractivity contribution in [2.24, 2.45) is 7.05 Å². The highest BCUT2D eigenvalue weighted by atomic mass is 35.5. The SMILES string of the molecule is Cn1cccc1C(O)CNC(=O)c1cc(Cl)ccc1[N+](=O)[O-]. The molecule has 0 aliphatic carbocycles. The molecule has 1 amide bonds. The number of nitrogens with one attached hydrogen (secondary N) is 1. The number of hydrogen-bond acceptors (Lipinski definition) is 4. The number of aryl methyl sites for hydroxylation is 1. The van der Waals surface area contributed by atoms with E-state index in [2.05, 4.69) is 5.32 Å². The number of aliphatic hydroxyl groups is 1. The van der Waals surface area contributed by atoms with Crippen LogP contribution in [0.5, 0.6) is 0 Å². The van der Waals surface area contributed by atoms with Crippen LogP contribution in [0.1, 0.15) is 22.2 Å². The van der Waals surface area contributed by atoms with Crippen LogP contribution in [0.25, 0.3) is 0 Å². The molecular weight excluding hydrogens is 310 g/mol. The molecule has 0 aliphatic heterocycles. The molecule has 2 rings (SSSR count). The molecule has 1 atom stereocenters. The van der Waals surface area contributed by atoms with Gasteiger partial charge in [-0.15, -0.1) is 0 Å². The maximum Gasteiger partial charge on any atom is 0.282 e. The number of aliphatic hydroxyl groups excluding tert-OH is 1. The minimum absolute atomic E-state index is 0.0691. The molecule has 0 aliphatic rings. The molecule has 1 aromatic heterocycles. The third kappa shape index (κ3) is 3.44. The van der Waals surface area contributed by atoms with Gasteiger partial charge in [-0.25, -0.2) is 0 Å². The number of carbonyl (C=O) groups excluding carboxylic acids is 1. The largest absolute Gasteiger partial charge is 0.385 e. The van der Waals surface area contributed by atoms with E-state index in [0.717, 1.165) is 0 Å². The number of nitro benzene ring substituents is 1. The minimum atomic E-state index is -0.915. The Hall–Kier alpha value is -2.38. The smallest absolute Gasteiger partial charge is 0.282 e. The van der Waals surface area contributed by atoms with Gasteiger partial charge in [0.05, 0.1) is 4.92 Å². The van der Waals surface area contributed by atoms with Crippen molar-refractivity contribution in [1.82, 2.24) is 9.88 Å². The third-order valence-electron chi connectivity index (χ3n) is 3.18. The second kappa shape index (κ2) is 6.59. The van der Waals surface area contributed by atoms with Crippen molar-refractivity contribution in [3.63, 3.8) is 0 Å². The summed E-state index contributed by atoms with van der Waals surface area (Å²) in [6, 6.07) is 7.23. The molecule has 0 saturated heterocycles. The van der Waals surface area contributed by atoms with E-state index < -0.39 is 16.9 Å². The topological polar surface area (TPSA) is 97.4 Å². The molecule has 7 nitrogen and oxygen atoms in total. The Morgan fingerprint density at radius 3 is 2.82 bits per heavy atom. The Morgan fingerprint density at radius 2 is 2.23 bits per heavy atom. The highest BCUT2D eigenvalue weighted by molar-refractivity contribution is 6.31. The predicted octanol–water partition coefficient (Wildman–Crippen LogP) is 2.05. The molecular formula is C14H14ClN3O4. The Morgan fingerprint density at radius 1 is 1.50 bits per heavy atom. The fraction of sp³-hybridized carbons (Fsp3) is 0.214. The molecule has 0 bridgehead atoms. The summed E-state index contributed by atoms with van der Waals surface area (Å²) in [4.78, 5) is 22.4. The van der Waals surface area contributed by atoms with Gasteiger partial charge in [0, 0.05) is 36.6 Å². The predicted molar refractivity (Wildman–Crippen MR) is 80.8 cm³/mol. The summed E-state index contributed by atoms with van der Waals surface area (Å²) >= 11 is 5.77. The first-order valence-electron chi connectivity index (χ1n) is 6.41. The maximum absolute atomic E-state index is 12.1. The zero-order valence-electron chi connectivity index (χ0n) is 11.7. The van der Waals surface area contributed by atoms with Crippen molar-refractivity contribution >= 4 is 23.2 Å². The van der Waals surface area contributed by atoms with E-state index in [-0.39, 0.29) is 22.8 Å². The van der Waals surface area contributed by atoms with Crippen molar-refractivity contribution < 1.29 is 14.8 Å². The summed E-state index contributed by atoms with van der Waals surface area (Å²) < 4.78 is 1.72. The first-order chi connectivity index (χ1) is 10.4. The van der Waals surface area contributed by atoms with E-state index in [9.17, 15) is 20.0 Å². The van der Waals surface area contributed by atoms with E-state index in [4.69, 9.17) is 11.6 Å². The molecule has 0 saturated carbocycles. The van der Waals surface area contributed by atoms with Crippen molar-refractivity contribution in [3.8, 4) is 0 Å². The Bertz CT molecular complexity index is 714. The molecule has 2 N–H and O–H groups in total. The number of nitro groups is 1. The van der Waals surface area contributed by atoms with E-state index in [1.165, 1.54) is 18.2 Å². The van der Waals surface area contributed by atoms with Crippen LogP contribution >= 0.6 is 11.6 Å². The van der Waals surface area contributed by atoms with Gasteiger partial charge in [-0.1, -0.05) is 11.6 Å². The lowest BCUT2D eigenvalue weighted by molar-refractivity contribution is -0.385. The van der Waals surface area contributed by atoms with Gasteiger partial charge in [-0.05, 0) is 24.3 Å². The molecule has 0 spiro atoms. The van der Waals surface area contributed by atoms with Crippen molar-refractivity contribution in [3.05, 3.63) is 62.9 Å². The van der Waals surface area contributed by atoms with Gasteiger partial charge < -0.3 is 15.0 Å². The molecule has 116 valence electrons. The van der Waals surface area contributed by atoms with E-state index in [1.807, 2.05) is 0 Å². The Labute approximate surface area is 131 Å². The van der Waals surface area contributed by atoms with Gasteiger partial charge in [0.2, 0.25) is 0 Å². The molecule has 0 radical (unpaired) electrons. The number of nitrogens with zero attached hydrogens (tertiary/aromatic N) is 2. The van der Waals surface area contributed by atoms with Gasteiger partial charge in [-0.3, -0.25) is 14.9 Å². The number of amides is 1. The highest BCUT2D eigenvalue weighted by Gasteiger charge is 2.21. The lowest BCUT2D eigenvalue weighted by Crippen LogP contribution is -2.29. The first kappa shape index (κ1) is 16.0. The quantitative estimate of drug-likeness (QED) is 0.650. The summed E-state index contributed by atoms with van der Waals surface area (Å²) in [5.41, 5.74) is 0.146. The summed E-state index contributed by atoms with van der Waals surface area (Å²) in [7, 11) is 1.77. The van der Waals surface area contributed by atoms with Gasteiger partial charge in [0.25, 0.3) is 11.6 Å². The normalized spacial score (nSPS) is 12.0. The zero-order valence-corrected chi connectivity index (χ0v) is 12.4. The van der Waals surface area contributed by atoms with Crippen molar-refractivity contribution in [1.29, 1.82) is 0 Å². The number of carbonyl (C=O) groups is 1. The van der Waals surface area contributed by atoms with Crippen LogP contribution in [0.3, 0.4) is 0 Å². The second-order valence-corrected chi connectivity index (χ2v) is 5.12. The Kier molecular flexibility index (Phi) is 4.79. The van der Waals surface area contributed by atoms with E-state index >= 15 is 0 Å². The number of benzene rings is 1. The summed E-state index contributed by atoms with van der Waals surface area (Å²) in [5.74, 6) is -0.664. The van der Waals surface area contributed by atoms with Crippen LogP contribution in [0.4, 0.5) is 5.69 Å². The summed E-state index contributed by atoms with van der Waals surface area (Å²) in [5, 5.41) is 23.7. The molecule has 1 unspecified atom stereocenters. The number of hydrogen-bond donors (Lipinski definition) is 2. The van der Waals surface area contributed by atoms with Gasteiger partial charge in [-0.2, -0.15) is 0 Å². The maximum atomic E-state index is 12.1. The van der Waals surface area contributed by atoms with Crippen LogP contribution in [0.15, 0.2) is 36.5 Å². The highest BCUT2D eigenvalue weighted by Crippen LogP contribution is 2.22. The Balaban J connectivity index is 2.11.